The van der Waals surface area contributed by atoms with Crippen molar-refractivity contribution < 1.29 is 9.90 Å². The average molecular weight is 377 g/mol. The van der Waals surface area contributed by atoms with Crippen LogP contribution in [-0.4, -0.2) is 26.3 Å². The number of benzene rings is 2. The Bertz CT molecular complexity index is 1230. The number of carbonyl (C=O) groups is 1. The van der Waals surface area contributed by atoms with E-state index in [9.17, 15) is 14.7 Å². The predicted octanol–water partition coefficient (Wildman–Crippen LogP) is 4.08. The van der Waals surface area contributed by atoms with Gasteiger partial charge in [-0.25, -0.2) is 9.78 Å². The Morgan fingerprint density at radius 2 is 1.78 bits per heavy atom. The van der Waals surface area contributed by atoms with Gasteiger partial charge in [-0.15, -0.1) is 0 Å². The summed E-state index contributed by atoms with van der Waals surface area (Å²) in [7, 11) is 0. The Balaban J connectivity index is 1.93. The summed E-state index contributed by atoms with van der Waals surface area (Å²) in [5.41, 5.74) is 2.46. The fraction of sp³-hybridized carbons (Fsp3) is 0.0500. The molecule has 0 bridgehead atoms. The smallest absolute Gasteiger partial charge is 0.336 e. The topological polar surface area (TPSA) is 98.8 Å². The highest BCUT2D eigenvalue weighted by atomic mass is 32.2. The van der Waals surface area contributed by atoms with E-state index in [1.165, 1.54) is 11.8 Å². The number of carboxylic acids is 1. The van der Waals surface area contributed by atoms with Crippen LogP contribution in [0.15, 0.2) is 69.2 Å². The van der Waals surface area contributed by atoms with Gasteiger partial charge in [-0.05, 0) is 31.2 Å². The van der Waals surface area contributed by atoms with E-state index in [4.69, 9.17) is 0 Å². The zero-order valence-corrected chi connectivity index (χ0v) is 15.1. The summed E-state index contributed by atoms with van der Waals surface area (Å²) in [6.07, 6.45) is 0. The van der Waals surface area contributed by atoms with Gasteiger partial charge >= 0.3 is 5.97 Å². The molecule has 0 radical (unpaired) electrons. The van der Waals surface area contributed by atoms with E-state index in [1.807, 2.05) is 30.3 Å². The zero-order valence-electron chi connectivity index (χ0n) is 14.3. The third-order valence-electron chi connectivity index (χ3n) is 4.24. The molecule has 0 amide bonds. The van der Waals surface area contributed by atoms with Crippen LogP contribution in [0.5, 0.6) is 0 Å². The van der Waals surface area contributed by atoms with E-state index in [0.29, 0.717) is 21.8 Å². The standard InChI is InChI=1S/C20H15N3O3S/c1-11-18(19(24)23-22-11)15-10-17(12-6-2-4-8-14(12)21-15)27-16-9-5-3-7-13(16)20(25)26/h2-10H,1H3,(H,25,26)(H2,22,23,24). The summed E-state index contributed by atoms with van der Waals surface area (Å²) in [5, 5.41) is 15.7. The number of fused-ring (bicyclic) bond motifs is 1. The Kier molecular flexibility index (Phi) is 4.29. The molecule has 0 aliphatic heterocycles. The molecule has 0 aliphatic carbocycles. The number of hydrogen-bond acceptors (Lipinski definition) is 4. The van der Waals surface area contributed by atoms with Crippen molar-refractivity contribution in [1.82, 2.24) is 15.2 Å². The lowest BCUT2D eigenvalue weighted by molar-refractivity contribution is 0.0693. The minimum atomic E-state index is -0.977. The molecule has 4 aromatic rings. The number of para-hydroxylation sites is 1. The van der Waals surface area contributed by atoms with Crippen LogP contribution in [0.25, 0.3) is 22.2 Å². The number of nitrogens with one attached hydrogen (secondary N) is 2. The van der Waals surface area contributed by atoms with Crippen molar-refractivity contribution in [1.29, 1.82) is 0 Å². The number of aryl methyl sites for hydroxylation is 1. The van der Waals surface area contributed by atoms with Crippen LogP contribution < -0.4 is 5.56 Å². The molecular weight excluding hydrogens is 362 g/mol. The molecule has 6 nitrogen and oxygen atoms in total. The van der Waals surface area contributed by atoms with Crippen LogP contribution in [-0.2, 0) is 0 Å². The first-order valence-electron chi connectivity index (χ1n) is 8.22. The minimum Gasteiger partial charge on any atom is -0.478 e. The van der Waals surface area contributed by atoms with E-state index >= 15 is 0 Å². The molecule has 27 heavy (non-hydrogen) atoms. The van der Waals surface area contributed by atoms with Gasteiger partial charge in [0.25, 0.3) is 5.56 Å². The van der Waals surface area contributed by atoms with Gasteiger partial charge in [-0.1, -0.05) is 42.1 Å². The van der Waals surface area contributed by atoms with Gasteiger partial charge in [-0.3, -0.25) is 9.89 Å². The normalized spacial score (nSPS) is 11.0. The largest absolute Gasteiger partial charge is 0.478 e. The third-order valence-corrected chi connectivity index (χ3v) is 5.37. The summed E-state index contributed by atoms with van der Waals surface area (Å²) < 4.78 is 0. The van der Waals surface area contributed by atoms with E-state index in [1.54, 1.807) is 31.2 Å². The summed E-state index contributed by atoms with van der Waals surface area (Å²) >= 11 is 1.35. The number of carboxylic acid groups (broad SMARTS) is 1. The molecule has 3 N–H and O–H groups in total. The quantitative estimate of drug-likeness (QED) is 0.498. The van der Waals surface area contributed by atoms with Crippen molar-refractivity contribution in [3.05, 3.63) is 76.2 Å². The molecule has 0 fully saturated rings. The highest BCUT2D eigenvalue weighted by molar-refractivity contribution is 7.99. The monoisotopic (exact) mass is 377 g/mol. The lowest BCUT2D eigenvalue weighted by Crippen LogP contribution is -2.03. The van der Waals surface area contributed by atoms with Crippen LogP contribution >= 0.6 is 11.8 Å². The van der Waals surface area contributed by atoms with Crippen LogP contribution in [0.1, 0.15) is 16.1 Å². The highest BCUT2D eigenvalue weighted by Crippen LogP contribution is 2.37. The maximum absolute atomic E-state index is 12.2. The highest BCUT2D eigenvalue weighted by Gasteiger charge is 2.16. The van der Waals surface area contributed by atoms with Crippen LogP contribution in [0, 0.1) is 6.92 Å². The molecule has 2 aromatic heterocycles. The van der Waals surface area contributed by atoms with Crippen molar-refractivity contribution in [2.24, 2.45) is 0 Å². The van der Waals surface area contributed by atoms with Gasteiger partial charge in [0.1, 0.15) is 0 Å². The lowest BCUT2D eigenvalue weighted by Gasteiger charge is -2.10. The second-order valence-electron chi connectivity index (χ2n) is 6.01. The van der Waals surface area contributed by atoms with Crippen LogP contribution in [0.3, 0.4) is 0 Å². The van der Waals surface area contributed by atoms with Crippen molar-refractivity contribution in [3.8, 4) is 11.3 Å². The SMILES string of the molecule is Cc1[nH][nH]c(=O)c1-c1cc(Sc2ccccc2C(=O)O)c2ccccc2n1. The Morgan fingerprint density at radius 1 is 1.04 bits per heavy atom. The van der Waals surface area contributed by atoms with Crippen LogP contribution in [0.2, 0.25) is 0 Å². The summed E-state index contributed by atoms with van der Waals surface area (Å²) in [6.45, 7) is 1.80. The molecule has 134 valence electrons. The number of H-pyrrole nitrogens is 2. The number of pyridine rings is 1. The molecule has 0 saturated heterocycles. The first kappa shape index (κ1) is 17.1. The second kappa shape index (κ2) is 6.77. The number of hydrogen-bond donors (Lipinski definition) is 3. The molecule has 7 heteroatoms. The van der Waals surface area contributed by atoms with Crippen molar-refractivity contribution >= 4 is 28.6 Å². The second-order valence-corrected chi connectivity index (χ2v) is 7.09. The Morgan fingerprint density at radius 3 is 2.52 bits per heavy atom. The van der Waals surface area contributed by atoms with Crippen LogP contribution in [0.4, 0.5) is 0 Å². The Hall–Kier alpha value is -3.32. The number of rotatable bonds is 4. The van der Waals surface area contributed by atoms with E-state index < -0.39 is 5.97 Å². The van der Waals surface area contributed by atoms with Gasteiger partial charge in [0.2, 0.25) is 0 Å². The fourth-order valence-corrected chi connectivity index (χ4v) is 4.06. The van der Waals surface area contributed by atoms with E-state index in [2.05, 4.69) is 15.2 Å². The molecule has 0 spiro atoms. The molecule has 0 unspecified atom stereocenters. The lowest BCUT2D eigenvalue weighted by atomic mass is 10.1. The van der Waals surface area contributed by atoms with Crippen molar-refractivity contribution in [2.45, 2.75) is 16.7 Å². The van der Waals surface area contributed by atoms with Gasteiger partial charge in [0.05, 0.1) is 22.3 Å². The van der Waals surface area contributed by atoms with E-state index in [0.717, 1.165) is 15.8 Å². The van der Waals surface area contributed by atoms with Crippen molar-refractivity contribution in [2.75, 3.05) is 0 Å². The van der Waals surface area contributed by atoms with Gasteiger partial charge < -0.3 is 10.2 Å². The zero-order chi connectivity index (χ0) is 19.0. The first-order valence-corrected chi connectivity index (χ1v) is 9.04. The third kappa shape index (κ3) is 3.13. The fourth-order valence-electron chi connectivity index (χ4n) is 2.96. The van der Waals surface area contributed by atoms with Gasteiger partial charge in [0, 0.05) is 20.9 Å². The predicted molar refractivity (Wildman–Crippen MR) is 104 cm³/mol. The Labute approximate surface area is 158 Å². The minimum absolute atomic E-state index is 0.237. The molecule has 0 saturated carbocycles. The molecule has 4 rings (SSSR count). The number of aromatic carboxylic acids is 1. The molecule has 0 aliphatic rings. The summed E-state index contributed by atoms with van der Waals surface area (Å²) in [6, 6.07) is 16.3. The molecule has 2 heterocycles. The summed E-state index contributed by atoms with van der Waals surface area (Å²) in [5.74, 6) is -0.977. The number of aromatic amines is 2. The maximum atomic E-state index is 12.2. The van der Waals surface area contributed by atoms with E-state index in [-0.39, 0.29) is 11.1 Å². The van der Waals surface area contributed by atoms with Gasteiger partial charge in [-0.2, -0.15) is 0 Å². The molecule has 2 aromatic carbocycles. The van der Waals surface area contributed by atoms with Gasteiger partial charge in [0.15, 0.2) is 0 Å². The summed E-state index contributed by atoms with van der Waals surface area (Å²) in [4.78, 5) is 29.8. The van der Waals surface area contributed by atoms with Crippen molar-refractivity contribution in [3.63, 3.8) is 0 Å². The average Bonchev–Trinajstić information content (AvgIpc) is 3.00. The maximum Gasteiger partial charge on any atom is 0.336 e. The first-order chi connectivity index (χ1) is 13.0. The molecule has 0 atom stereocenters. The number of nitrogens with zero attached hydrogens (tertiary/aromatic N) is 1. The number of aromatic nitrogens is 3. The molecular formula is C20H15N3O3S.